The van der Waals surface area contributed by atoms with Gasteiger partial charge in [0.15, 0.2) is 0 Å². The summed E-state index contributed by atoms with van der Waals surface area (Å²) >= 11 is 2.16. The second-order valence-electron chi connectivity index (χ2n) is 5.06. The molecule has 3 fully saturated rings. The maximum Gasteiger partial charge on any atom is 0.0220 e. The molecule has 1 N–H and O–H groups in total. The van der Waals surface area contributed by atoms with E-state index in [1.54, 1.807) is 0 Å². The van der Waals surface area contributed by atoms with E-state index in [-0.39, 0.29) is 0 Å². The van der Waals surface area contributed by atoms with Crippen LogP contribution < -0.4 is 5.32 Å². The molecule has 3 heterocycles. The summed E-state index contributed by atoms with van der Waals surface area (Å²) in [5.41, 5.74) is 0. The zero-order valence-electron chi connectivity index (χ0n) is 8.91. The number of hydrogen-bond donors (Lipinski definition) is 1. The highest BCUT2D eigenvalue weighted by Gasteiger charge is 2.41. The van der Waals surface area contributed by atoms with E-state index in [4.69, 9.17) is 0 Å². The van der Waals surface area contributed by atoms with Crippen LogP contribution in [0.3, 0.4) is 0 Å². The van der Waals surface area contributed by atoms with E-state index in [2.05, 4.69) is 28.9 Å². The molecule has 0 aromatic rings. The van der Waals surface area contributed by atoms with Gasteiger partial charge in [-0.05, 0) is 37.1 Å². The van der Waals surface area contributed by atoms with Gasteiger partial charge in [-0.3, -0.25) is 4.90 Å². The number of thioether (sulfide) groups is 1. The molecule has 3 heteroatoms. The van der Waals surface area contributed by atoms with Gasteiger partial charge in [0.25, 0.3) is 0 Å². The Balaban J connectivity index is 1.65. The quantitative estimate of drug-likeness (QED) is 0.699. The van der Waals surface area contributed by atoms with Gasteiger partial charge in [-0.15, -0.1) is 0 Å². The van der Waals surface area contributed by atoms with E-state index >= 15 is 0 Å². The molecule has 3 aliphatic heterocycles. The molecule has 0 aromatic carbocycles. The minimum atomic E-state index is 0.877. The Morgan fingerprint density at radius 1 is 1.21 bits per heavy atom. The van der Waals surface area contributed by atoms with E-state index in [1.165, 1.54) is 38.4 Å². The van der Waals surface area contributed by atoms with Crippen molar-refractivity contribution >= 4 is 11.8 Å². The largest absolute Gasteiger partial charge is 0.316 e. The topological polar surface area (TPSA) is 15.3 Å². The van der Waals surface area contributed by atoms with Gasteiger partial charge in [0.05, 0.1) is 0 Å². The van der Waals surface area contributed by atoms with Crippen LogP contribution in [-0.4, -0.2) is 48.1 Å². The van der Waals surface area contributed by atoms with Crippen LogP contribution in [0.2, 0.25) is 0 Å². The third kappa shape index (κ3) is 1.50. The lowest BCUT2D eigenvalue weighted by Crippen LogP contribution is -2.38. The van der Waals surface area contributed by atoms with Crippen LogP contribution in [0.5, 0.6) is 0 Å². The predicted octanol–water partition coefficient (Wildman–Crippen LogP) is 1.03. The second-order valence-corrected chi connectivity index (χ2v) is 6.55. The minimum absolute atomic E-state index is 0.877. The first-order valence-electron chi connectivity index (χ1n) is 5.91. The first-order chi connectivity index (χ1) is 6.84. The highest BCUT2D eigenvalue weighted by Crippen LogP contribution is 2.35. The molecule has 2 nitrogen and oxygen atoms in total. The van der Waals surface area contributed by atoms with Crippen molar-refractivity contribution < 1.29 is 0 Å². The van der Waals surface area contributed by atoms with E-state index < -0.39 is 0 Å². The van der Waals surface area contributed by atoms with Crippen LogP contribution in [-0.2, 0) is 0 Å². The lowest BCUT2D eigenvalue weighted by atomic mass is 10.0. The summed E-state index contributed by atoms with van der Waals surface area (Å²) in [4.78, 5) is 2.78. The smallest absolute Gasteiger partial charge is 0.0220 e. The summed E-state index contributed by atoms with van der Waals surface area (Å²) in [7, 11) is 0. The van der Waals surface area contributed by atoms with Gasteiger partial charge in [-0.1, -0.05) is 6.92 Å². The fourth-order valence-corrected chi connectivity index (χ4v) is 4.64. The summed E-state index contributed by atoms with van der Waals surface area (Å²) < 4.78 is 0. The second kappa shape index (κ2) is 3.69. The number of fused-ring (bicyclic) bond motifs is 1. The number of nitrogens with one attached hydrogen (secondary N) is 1. The van der Waals surface area contributed by atoms with Gasteiger partial charge in [0.2, 0.25) is 0 Å². The molecule has 3 aliphatic rings. The Morgan fingerprint density at radius 2 is 1.93 bits per heavy atom. The van der Waals surface area contributed by atoms with Gasteiger partial charge in [-0.25, -0.2) is 0 Å². The summed E-state index contributed by atoms with van der Waals surface area (Å²) in [6.07, 6.45) is 1.43. The molecule has 3 rings (SSSR count). The summed E-state index contributed by atoms with van der Waals surface area (Å²) in [5, 5.41) is 4.39. The number of likely N-dealkylation sites (tertiary alicyclic amines) is 1. The Hall–Kier alpha value is 0.270. The zero-order valence-corrected chi connectivity index (χ0v) is 9.72. The Morgan fingerprint density at radius 3 is 2.50 bits per heavy atom. The molecule has 0 radical (unpaired) electrons. The number of nitrogens with zero attached hydrogens (tertiary/aromatic N) is 1. The van der Waals surface area contributed by atoms with E-state index in [9.17, 15) is 0 Å². The maximum absolute atomic E-state index is 3.51. The van der Waals surface area contributed by atoms with Crippen molar-refractivity contribution in [3.63, 3.8) is 0 Å². The van der Waals surface area contributed by atoms with Crippen LogP contribution in [0.1, 0.15) is 13.3 Å². The minimum Gasteiger partial charge on any atom is -0.316 e. The van der Waals surface area contributed by atoms with Crippen LogP contribution in [0.15, 0.2) is 0 Å². The molecule has 3 saturated heterocycles. The average molecular weight is 212 g/mol. The maximum atomic E-state index is 3.51. The molecule has 2 unspecified atom stereocenters. The zero-order chi connectivity index (χ0) is 9.54. The molecule has 4 atom stereocenters. The lowest BCUT2D eigenvalue weighted by Gasteiger charge is -2.27. The highest BCUT2D eigenvalue weighted by molar-refractivity contribution is 8.00. The third-order valence-corrected chi connectivity index (χ3v) is 5.53. The lowest BCUT2D eigenvalue weighted by molar-refractivity contribution is 0.227. The van der Waals surface area contributed by atoms with Crippen LogP contribution >= 0.6 is 11.8 Å². The van der Waals surface area contributed by atoms with Crippen LogP contribution in [0.4, 0.5) is 0 Å². The summed E-state index contributed by atoms with van der Waals surface area (Å²) in [6.45, 7) is 7.69. The van der Waals surface area contributed by atoms with E-state index in [0.29, 0.717) is 0 Å². The molecular weight excluding hydrogens is 192 g/mol. The SMILES string of the molecule is CC1SCCC1N1C[C@H]2CNC[C@H]2C1. The molecule has 0 bridgehead atoms. The van der Waals surface area contributed by atoms with E-state index in [1.807, 2.05) is 0 Å². The molecular formula is C11H20N2S. The van der Waals surface area contributed by atoms with Crippen molar-refractivity contribution in [1.29, 1.82) is 0 Å². The van der Waals surface area contributed by atoms with Gasteiger partial charge in [-0.2, -0.15) is 11.8 Å². The third-order valence-electron chi connectivity index (χ3n) is 4.22. The first kappa shape index (κ1) is 9.49. The number of rotatable bonds is 1. The standard InChI is InChI=1S/C11H20N2S/c1-8-11(2-3-14-8)13-6-9-4-12-5-10(9)7-13/h8-12H,2-7H2,1H3/t8?,9-,10+,11?. The molecule has 14 heavy (non-hydrogen) atoms. The Labute approximate surface area is 90.8 Å². The van der Waals surface area contributed by atoms with Gasteiger partial charge in [0, 0.05) is 24.4 Å². The monoisotopic (exact) mass is 212 g/mol. The van der Waals surface area contributed by atoms with Gasteiger partial charge >= 0.3 is 0 Å². The van der Waals surface area contributed by atoms with Crippen molar-refractivity contribution in [2.45, 2.75) is 24.6 Å². The van der Waals surface area contributed by atoms with Crippen molar-refractivity contribution in [3.05, 3.63) is 0 Å². The van der Waals surface area contributed by atoms with Crippen LogP contribution in [0, 0.1) is 11.8 Å². The molecule has 0 aliphatic carbocycles. The van der Waals surface area contributed by atoms with Crippen molar-refractivity contribution in [2.24, 2.45) is 11.8 Å². The van der Waals surface area contributed by atoms with Gasteiger partial charge in [0.1, 0.15) is 0 Å². The van der Waals surface area contributed by atoms with Crippen molar-refractivity contribution in [2.75, 3.05) is 31.9 Å². The Bertz CT molecular complexity index is 209. The molecule has 0 saturated carbocycles. The molecule has 0 spiro atoms. The fraction of sp³-hybridized carbons (Fsp3) is 1.00. The molecule has 0 amide bonds. The predicted molar refractivity (Wildman–Crippen MR) is 61.7 cm³/mol. The molecule has 80 valence electrons. The molecule has 0 aromatic heterocycles. The summed E-state index contributed by atoms with van der Waals surface area (Å²) in [6, 6.07) is 0.894. The summed E-state index contributed by atoms with van der Waals surface area (Å²) in [5.74, 6) is 3.32. The van der Waals surface area contributed by atoms with E-state index in [0.717, 1.165) is 23.1 Å². The average Bonchev–Trinajstić information content (AvgIpc) is 2.75. The number of hydrogen-bond acceptors (Lipinski definition) is 3. The first-order valence-corrected chi connectivity index (χ1v) is 6.96. The normalized spacial score (nSPS) is 48.6. The fourth-order valence-electron chi connectivity index (χ4n) is 3.36. The van der Waals surface area contributed by atoms with Gasteiger partial charge < -0.3 is 5.32 Å². The van der Waals surface area contributed by atoms with Crippen molar-refractivity contribution in [3.8, 4) is 0 Å². The Kier molecular flexibility index (Phi) is 2.50. The van der Waals surface area contributed by atoms with Crippen molar-refractivity contribution in [1.82, 2.24) is 10.2 Å². The van der Waals surface area contributed by atoms with Crippen LogP contribution in [0.25, 0.3) is 0 Å². The highest BCUT2D eigenvalue weighted by atomic mass is 32.2.